The zero-order valence-corrected chi connectivity index (χ0v) is 6.16. The molecule has 2 unspecified atom stereocenters. The zero-order chi connectivity index (χ0) is 8.06. The lowest BCUT2D eigenvalue weighted by Crippen LogP contribution is -2.32. The van der Waals surface area contributed by atoms with Crippen molar-refractivity contribution in [1.82, 2.24) is 0 Å². The van der Waals surface area contributed by atoms with Crippen LogP contribution in [0, 0.1) is 5.41 Å². The van der Waals surface area contributed by atoms with E-state index in [2.05, 4.69) is 0 Å². The average Bonchev–Trinajstić information content (AvgIpc) is 2.19. The van der Waals surface area contributed by atoms with E-state index in [1.807, 2.05) is 0 Å². The Bertz CT molecular complexity index is 267. The van der Waals surface area contributed by atoms with E-state index in [1.165, 1.54) is 6.08 Å². The number of rotatable bonds is 0. The molecule has 1 saturated heterocycles. The standard InChI is InChI=1S/C8H8O3/c1-8-4-5(11-7(8)10)2-3-6(8)9/h2-3,5H,4H2,1H3. The molecule has 2 bridgehead atoms. The Balaban J connectivity index is 2.48. The van der Waals surface area contributed by atoms with Gasteiger partial charge in [-0.15, -0.1) is 0 Å². The van der Waals surface area contributed by atoms with Crippen LogP contribution >= 0.6 is 0 Å². The van der Waals surface area contributed by atoms with Crippen molar-refractivity contribution in [2.45, 2.75) is 19.4 Å². The van der Waals surface area contributed by atoms with Gasteiger partial charge < -0.3 is 4.74 Å². The van der Waals surface area contributed by atoms with E-state index in [0.717, 1.165) is 0 Å². The maximum Gasteiger partial charge on any atom is 0.320 e. The summed E-state index contributed by atoms with van der Waals surface area (Å²) in [5, 5.41) is 0. The lowest BCUT2D eigenvalue weighted by atomic mass is 9.79. The number of hydrogen-bond donors (Lipinski definition) is 0. The highest BCUT2D eigenvalue weighted by molar-refractivity contribution is 6.11. The smallest absolute Gasteiger partial charge is 0.320 e. The third-order valence-electron chi connectivity index (χ3n) is 2.32. The molecule has 0 aromatic heterocycles. The Labute approximate surface area is 64.0 Å². The van der Waals surface area contributed by atoms with Gasteiger partial charge in [0.05, 0.1) is 0 Å². The summed E-state index contributed by atoms with van der Waals surface area (Å²) < 4.78 is 4.91. The number of ketones is 1. The van der Waals surface area contributed by atoms with Crippen molar-refractivity contribution in [2.75, 3.05) is 0 Å². The van der Waals surface area contributed by atoms with E-state index in [4.69, 9.17) is 4.74 Å². The highest BCUT2D eigenvalue weighted by Gasteiger charge is 2.51. The normalized spacial score (nSPS) is 41.0. The fraction of sp³-hybridized carbons (Fsp3) is 0.500. The van der Waals surface area contributed by atoms with Crippen molar-refractivity contribution in [2.24, 2.45) is 5.41 Å². The van der Waals surface area contributed by atoms with Crippen LogP contribution in [-0.4, -0.2) is 17.9 Å². The molecule has 0 spiro atoms. The van der Waals surface area contributed by atoms with Gasteiger partial charge in [-0.05, 0) is 19.1 Å². The number of fused-ring (bicyclic) bond motifs is 2. The number of esters is 1. The van der Waals surface area contributed by atoms with E-state index in [1.54, 1.807) is 13.0 Å². The van der Waals surface area contributed by atoms with Crippen molar-refractivity contribution >= 4 is 11.8 Å². The molecule has 2 aliphatic rings. The van der Waals surface area contributed by atoms with Crippen LogP contribution in [0.15, 0.2) is 12.2 Å². The van der Waals surface area contributed by atoms with E-state index in [0.29, 0.717) is 6.42 Å². The molecule has 0 saturated carbocycles. The first kappa shape index (κ1) is 6.58. The molecule has 2 rings (SSSR count). The second-order valence-corrected chi connectivity index (χ2v) is 3.20. The summed E-state index contributed by atoms with van der Waals surface area (Å²) in [5.41, 5.74) is -0.876. The van der Waals surface area contributed by atoms with Crippen molar-refractivity contribution in [3.8, 4) is 0 Å². The molecular weight excluding hydrogens is 144 g/mol. The molecule has 1 aliphatic heterocycles. The molecule has 0 amide bonds. The molecule has 58 valence electrons. The van der Waals surface area contributed by atoms with Gasteiger partial charge in [0, 0.05) is 6.42 Å². The average molecular weight is 152 g/mol. The Morgan fingerprint density at radius 3 is 3.00 bits per heavy atom. The van der Waals surface area contributed by atoms with Gasteiger partial charge in [-0.1, -0.05) is 0 Å². The first-order valence-corrected chi connectivity index (χ1v) is 3.57. The van der Waals surface area contributed by atoms with Crippen LogP contribution in [0.2, 0.25) is 0 Å². The molecule has 1 fully saturated rings. The molecule has 0 aromatic carbocycles. The van der Waals surface area contributed by atoms with Crippen LogP contribution in [0.1, 0.15) is 13.3 Å². The number of ether oxygens (including phenoxy) is 1. The quantitative estimate of drug-likeness (QED) is 0.374. The Kier molecular flexibility index (Phi) is 1.03. The summed E-state index contributed by atoms with van der Waals surface area (Å²) >= 11 is 0. The van der Waals surface area contributed by atoms with Crippen molar-refractivity contribution in [3.05, 3.63) is 12.2 Å². The molecule has 3 heteroatoms. The second kappa shape index (κ2) is 1.72. The van der Waals surface area contributed by atoms with E-state index < -0.39 is 5.41 Å². The number of carbonyl (C=O) groups is 2. The fourth-order valence-electron chi connectivity index (χ4n) is 1.48. The maximum absolute atomic E-state index is 11.2. The summed E-state index contributed by atoms with van der Waals surface area (Å²) in [6.07, 6.45) is 3.44. The minimum Gasteiger partial charge on any atom is -0.457 e. The second-order valence-electron chi connectivity index (χ2n) is 3.20. The Morgan fingerprint density at radius 1 is 1.64 bits per heavy atom. The number of allylic oxidation sites excluding steroid dienone is 1. The van der Waals surface area contributed by atoms with Crippen molar-refractivity contribution in [3.63, 3.8) is 0 Å². The van der Waals surface area contributed by atoms with Gasteiger partial charge in [0.2, 0.25) is 0 Å². The van der Waals surface area contributed by atoms with Gasteiger partial charge in [-0.2, -0.15) is 0 Å². The highest BCUT2D eigenvalue weighted by Crippen LogP contribution is 2.38. The molecule has 1 aliphatic carbocycles. The minimum atomic E-state index is -0.876. The van der Waals surface area contributed by atoms with Gasteiger partial charge in [-0.3, -0.25) is 9.59 Å². The monoisotopic (exact) mass is 152 g/mol. The summed E-state index contributed by atoms with van der Waals surface area (Å²) in [5.74, 6) is -0.506. The van der Waals surface area contributed by atoms with Crippen LogP contribution in [0.25, 0.3) is 0 Å². The topological polar surface area (TPSA) is 43.4 Å². The van der Waals surface area contributed by atoms with Crippen LogP contribution in [0.4, 0.5) is 0 Å². The fourth-order valence-corrected chi connectivity index (χ4v) is 1.48. The van der Waals surface area contributed by atoms with Crippen molar-refractivity contribution in [1.29, 1.82) is 0 Å². The minimum absolute atomic E-state index is 0.128. The molecule has 0 radical (unpaired) electrons. The van der Waals surface area contributed by atoms with Gasteiger partial charge in [-0.25, -0.2) is 0 Å². The first-order chi connectivity index (χ1) is 5.13. The lowest BCUT2D eigenvalue weighted by molar-refractivity contribution is -0.149. The van der Waals surface area contributed by atoms with Crippen LogP contribution < -0.4 is 0 Å². The van der Waals surface area contributed by atoms with Gasteiger partial charge in [0.15, 0.2) is 5.78 Å². The molecule has 2 atom stereocenters. The SMILES string of the molecule is CC12CC(C=CC1=O)OC2=O. The lowest BCUT2D eigenvalue weighted by Gasteiger charge is -2.16. The highest BCUT2D eigenvalue weighted by atomic mass is 16.6. The molecule has 0 N–H and O–H groups in total. The summed E-state index contributed by atoms with van der Waals surface area (Å²) in [4.78, 5) is 22.3. The first-order valence-electron chi connectivity index (χ1n) is 3.57. The molecule has 11 heavy (non-hydrogen) atoms. The van der Waals surface area contributed by atoms with Gasteiger partial charge in [0.1, 0.15) is 11.5 Å². The van der Waals surface area contributed by atoms with Crippen LogP contribution in [0.3, 0.4) is 0 Å². The third kappa shape index (κ3) is 0.679. The number of carbonyl (C=O) groups excluding carboxylic acids is 2. The van der Waals surface area contributed by atoms with E-state index >= 15 is 0 Å². The summed E-state index contributed by atoms with van der Waals surface area (Å²) in [6, 6.07) is 0. The molecule has 1 heterocycles. The molecular formula is C8H8O3. The largest absolute Gasteiger partial charge is 0.457 e. The summed E-state index contributed by atoms with van der Waals surface area (Å²) in [7, 11) is 0. The van der Waals surface area contributed by atoms with E-state index in [-0.39, 0.29) is 17.9 Å². The summed E-state index contributed by atoms with van der Waals surface area (Å²) in [6.45, 7) is 1.64. The van der Waals surface area contributed by atoms with Crippen LogP contribution in [-0.2, 0) is 14.3 Å². The Morgan fingerprint density at radius 2 is 2.36 bits per heavy atom. The predicted octanol–water partition coefficient (Wildman–Crippen LogP) is 0.447. The van der Waals surface area contributed by atoms with Gasteiger partial charge in [0.25, 0.3) is 0 Å². The molecule has 3 nitrogen and oxygen atoms in total. The number of hydrogen-bond acceptors (Lipinski definition) is 3. The third-order valence-corrected chi connectivity index (χ3v) is 2.32. The Hall–Kier alpha value is -1.12. The van der Waals surface area contributed by atoms with Gasteiger partial charge >= 0.3 is 5.97 Å². The predicted molar refractivity (Wildman–Crippen MR) is 36.8 cm³/mol. The van der Waals surface area contributed by atoms with Crippen LogP contribution in [0.5, 0.6) is 0 Å². The van der Waals surface area contributed by atoms with E-state index in [9.17, 15) is 9.59 Å². The maximum atomic E-state index is 11.2. The molecule has 0 aromatic rings. The van der Waals surface area contributed by atoms with Crippen molar-refractivity contribution < 1.29 is 14.3 Å². The zero-order valence-electron chi connectivity index (χ0n) is 6.16.